The molecule has 7 bridgehead atoms. The van der Waals surface area contributed by atoms with E-state index in [1.54, 1.807) is 0 Å². The molecule has 0 N–H and O–H groups in total. The summed E-state index contributed by atoms with van der Waals surface area (Å²) in [5, 5.41) is 30.3. The molecule has 0 aliphatic heterocycles. The van der Waals surface area contributed by atoms with Gasteiger partial charge in [-0.15, -0.1) is 0 Å². The van der Waals surface area contributed by atoms with Crippen LogP contribution in [-0.2, 0) is 0 Å². The lowest BCUT2D eigenvalue weighted by molar-refractivity contribution is 0.00322. The van der Waals surface area contributed by atoms with E-state index in [0.717, 1.165) is 34.8 Å². The van der Waals surface area contributed by atoms with Crippen LogP contribution in [0, 0.1) is 51.7 Å². The van der Waals surface area contributed by atoms with Crippen molar-refractivity contribution in [2.45, 2.75) is 87.9 Å². The van der Waals surface area contributed by atoms with Crippen LogP contribution in [0.25, 0.3) is 65.6 Å². The minimum Gasteiger partial charge on any atom is -0.309 e. The predicted octanol–water partition coefficient (Wildman–Crippen LogP) is 12.5. The summed E-state index contributed by atoms with van der Waals surface area (Å²) in [5.74, 6) is 5.19. The number of para-hydroxylation sites is 2. The summed E-state index contributed by atoms with van der Waals surface area (Å²) in [7, 11) is 0. The summed E-state index contributed by atoms with van der Waals surface area (Å²) in [4.78, 5) is 0. The van der Waals surface area contributed by atoms with Crippen molar-refractivity contribution >= 4 is 59.9 Å². The van der Waals surface area contributed by atoms with Gasteiger partial charge in [-0.3, -0.25) is 0 Å². The molecule has 5 aromatic carbocycles. The van der Waals surface area contributed by atoms with E-state index >= 15 is 0 Å². The topological polar surface area (TPSA) is 56.9 Å². The molecule has 0 saturated heterocycles. The summed E-state index contributed by atoms with van der Waals surface area (Å²) in [5.41, 5.74) is 15.6. The van der Waals surface area contributed by atoms with Crippen molar-refractivity contribution in [3.05, 3.63) is 106 Å². The highest BCUT2D eigenvalue weighted by Gasteiger charge is 2.66. The zero-order chi connectivity index (χ0) is 35.6. The van der Waals surface area contributed by atoms with E-state index in [1.165, 1.54) is 152 Å². The van der Waals surface area contributed by atoms with Gasteiger partial charge in [-0.05, 0) is 176 Å². The summed E-state index contributed by atoms with van der Waals surface area (Å²) >= 11 is 0. The molecule has 0 radical (unpaired) electrons. The molecule has 8 aromatic rings. The molecule has 0 amide bonds. The monoisotopic (exact) mass is 708 g/mol. The number of nitriles is 2. The molecular formula is C51H40N4. The molecule has 1 spiro atoms. The standard InChI is InChI=1S/C51H40N4/c52-23-31-17-40-46(44-28-13-25-10-26(14-28)12-27(11-25)42(31)44)38-20-37-36-8-4-5-9-39(36)54(35-6-2-1-3-7-35)49(37)48-47-41(55(40)50(38)48)18-32(24-53)43-29-15-33-19-34-16-30(45(43)47)22-51(33,34)21-29/h1-9,17-18,20,25-30,33-34H,10-16,19,21-22H2. The summed E-state index contributed by atoms with van der Waals surface area (Å²) in [6.07, 6.45) is 12.9. The van der Waals surface area contributed by atoms with Crippen LogP contribution in [0.15, 0.2) is 72.8 Å². The van der Waals surface area contributed by atoms with Gasteiger partial charge in [0.2, 0.25) is 0 Å². The van der Waals surface area contributed by atoms with E-state index in [9.17, 15) is 10.5 Å². The van der Waals surface area contributed by atoms with Crippen molar-refractivity contribution < 1.29 is 0 Å². The van der Waals surface area contributed by atoms with Crippen molar-refractivity contribution in [2.24, 2.45) is 29.1 Å². The number of rotatable bonds is 1. The van der Waals surface area contributed by atoms with Gasteiger partial charge in [0.25, 0.3) is 0 Å². The lowest BCUT2D eigenvalue weighted by Gasteiger charge is -2.48. The Bertz CT molecular complexity index is 3190. The Labute approximate surface area is 319 Å². The molecule has 5 saturated carbocycles. The highest BCUT2D eigenvalue weighted by molar-refractivity contribution is 6.35. The second kappa shape index (κ2) is 9.37. The van der Waals surface area contributed by atoms with Gasteiger partial charge in [0.1, 0.15) is 0 Å². The van der Waals surface area contributed by atoms with E-state index in [-0.39, 0.29) is 0 Å². The van der Waals surface area contributed by atoms with Crippen LogP contribution in [0.2, 0.25) is 0 Å². The fourth-order valence-corrected chi connectivity index (χ4v) is 16.1. The zero-order valence-corrected chi connectivity index (χ0v) is 30.9. The van der Waals surface area contributed by atoms with Gasteiger partial charge in [0.05, 0.1) is 50.8 Å². The van der Waals surface area contributed by atoms with Crippen LogP contribution >= 0.6 is 0 Å². The van der Waals surface area contributed by atoms with Gasteiger partial charge < -0.3 is 8.97 Å². The van der Waals surface area contributed by atoms with Gasteiger partial charge in [-0.25, -0.2) is 0 Å². The van der Waals surface area contributed by atoms with Crippen LogP contribution in [0.5, 0.6) is 0 Å². The van der Waals surface area contributed by atoms with Crippen molar-refractivity contribution in [2.75, 3.05) is 0 Å². The Balaban J connectivity index is 1.22. The largest absolute Gasteiger partial charge is 0.309 e. The first kappa shape index (κ1) is 29.0. The third kappa shape index (κ3) is 3.14. The van der Waals surface area contributed by atoms with Crippen molar-refractivity contribution in [3.8, 4) is 17.8 Å². The first-order valence-corrected chi connectivity index (χ1v) is 21.3. The Morgan fingerprint density at radius 1 is 0.509 bits per heavy atom. The highest BCUT2D eigenvalue weighted by Crippen LogP contribution is 2.77. The summed E-state index contributed by atoms with van der Waals surface area (Å²) in [6.45, 7) is 0. The van der Waals surface area contributed by atoms with E-state index in [1.807, 2.05) is 0 Å². The van der Waals surface area contributed by atoms with Gasteiger partial charge in [-0.1, -0.05) is 36.4 Å². The minimum absolute atomic E-state index is 0.480. The maximum absolute atomic E-state index is 11.1. The first-order chi connectivity index (χ1) is 27.1. The molecule has 8 aliphatic carbocycles. The van der Waals surface area contributed by atoms with Crippen LogP contribution in [0.3, 0.4) is 0 Å². The van der Waals surface area contributed by atoms with Gasteiger partial charge in [0, 0.05) is 38.0 Å². The molecular weight excluding hydrogens is 669 g/mol. The predicted molar refractivity (Wildman–Crippen MR) is 218 cm³/mol. The van der Waals surface area contributed by atoms with E-state index in [0.29, 0.717) is 29.1 Å². The van der Waals surface area contributed by atoms with Crippen molar-refractivity contribution in [1.29, 1.82) is 10.5 Å². The molecule has 264 valence electrons. The maximum Gasteiger partial charge on any atom is 0.0995 e. The Hall–Kier alpha value is -5.32. The minimum atomic E-state index is 0.480. The Kier molecular flexibility index (Phi) is 4.95. The molecule has 7 unspecified atom stereocenters. The third-order valence-corrected chi connectivity index (χ3v) is 17.5. The van der Waals surface area contributed by atoms with E-state index in [4.69, 9.17) is 0 Å². The normalized spacial score (nSPS) is 32.0. The molecule has 8 aliphatic rings. The van der Waals surface area contributed by atoms with Gasteiger partial charge in [0.15, 0.2) is 0 Å². The number of hydrogen-bond acceptors (Lipinski definition) is 2. The van der Waals surface area contributed by atoms with Crippen LogP contribution in [0.1, 0.15) is 121 Å². The number of benzene rings is 5. The maximum atomic E-state index is 11.1. The lowest BCUT2D eigenvalue weighted by Crippen LogP contribution is -2.41. The van der Waals surface area contributed by atoms with Crippen LogP contribution < -0.4 is 0 Å². The van der Waals surface area contributed by atoms with Crippen molar-refractivity contribution in [3.63, 3.8) is 0 Å². The zero-order valence-electron chi connectivity index (χ0n) is 30.9. The quantitative estimate of drug-likeness (QED) is 0.170. The molecule has 55 heavy (non-hydrogen) atoms. The van der Waals surface area contributed by atoms with E-state index in [2.05, 4.69) is 93.9 Å². The fraction of sp³-hybridized carbons (Fsp3) is 0.373. The molecule has 5 fully saturated rings. The van der Waals surface area contributed by atoms with Crippen LogP contribution in [0.4, 0.5) is 0 Å². The molecule has 4 heteroatoms. The highest BCUT2D eigenvalue weighted by atomic mass is 15.0. The fourth-order valence-electron chi connectivity index (χ4n) is 16.1. The SMILES string of the molecule is N#Cc1cc2c(c3c1C1CC4CC(C1)CC3C4)c1cc3c4ccccc4n(-c4ccccc4)c3c3c4c5c(c(C#N)cc4n2c13)C1CC2CC3CC5CC23C1. The summed E-state index contributed by atoms with van der Waals surface area (Å²) < 4.78 is 5.13. The third-order valence-electron chi connectivity index (χ3n) is 17.5. The lowest BCUT2D eigenvalue weighted by atomic mass is 9.56. The number of aromatic nitrogens is 2. The Morgan fingerprint density at radius 3 is 1.85 bits per heavy atom. The Morgan fingerprint density at radius 2 is 1.13 bits per heavy atom. The molecule has 3 heterocycles. The number of hydrogen-bond donors (Lipinski definition) is 0. The van der Waals surface area contributed by atoms with Crippen LogP contribution in [-0.4, -0.2) is 8.97 Å². The second-order valence-electron chi connectivity index (χ2n) is 19.5. The molecule has 3 aromatic heterocycles. The number of fused-ring (bicyclic) bond motifs is 16. The molecule has 16 rings (SSSR count). The summed E-state index contributed by atoms with van der Waals surface area (Å²) in [6, 6.07) is 32.9. The van der Waals surface area contributed by atoms with Crippen molar-refractivity contribution in [1.82, 2.24) is 8.97 Å². The average molecular weight is 709 g/mol. The second-order valence-corrected chi connectivity index (χ2v) is 19.5. The molecule has 7 atom stereocenters. The van der Waals surface area contributed by atoms with E-state index < -0.39 is 0 Å². The smallest absolute Gasteiger partial charge is 0.0995 e. The number of nitrogens with zero attached hydrogens (tertiary/aromatic N) is 4. The molecule has 4 nitrogen and oxygen atoms in total. The van der Waals surface area contributed by atoms with Gasteiger partial charge >= 0.3 is 0 Å². The first-order valence-electron chi connectivity index (χ1n) is 21.3. The van der Waals surface area contributed by atoms with Gasteiger partial charge in [-0.2, -0.15) is 10.5 Å². The average Bonchev–Trinajstić information content (AvgIpc) is 3.93.